The highest BCUT2D eigenvalue weighted by Gasteiger charge is 2.15. The summed E-state index contributed by atoms with van der Waals surface area (Å²) in [5.41, 5.74) is 0. The Labute approximate surface area is 91.2 Å². The van der Waals surface area contributed by atoms with Crippen molar-refractivity contribution in [3.8, 4) is 0 Å². The van der Waals surface area contributed by atoms with E-state index < -0.39 is 0 Å². The van der Waals surface area contributed by atoms with E-state index in [-0.39, 0.29) is 0 Å². The van der Waals surface area contributed by atoms with E-state index in [0.29, 0.717) is 5.38 Å². The van der Waals surface area contributed by atoms with Crippen LogP contribution in [-0.4, -0.2) is 41.4 Å². The Morgan fingerprint density at radius 2 is 2.08 bits per heavy atom. The van der Waals surface area contributed by atoms with Crippen molar-refractivity contribution in [2.75, 3.05) is 31.1 Å². The van der Waals surface area contributed by atoms with Gasteiger partial charge in [0.25, 0.3) is 0 Å². The number of likely N-dealkylation sites (tertiary alicyclic amines) is 1. The van der Waals surface area contributed by atoms with Gasteiger partial charge in [0.1, 0.15) is 0 Å². The molecule has 0 unspecified atom stereocenters. The van der Waals surface area contributed by atoms with Gasteiger partial charge in [-0.15, -0.1) is 11.6 Å². The van der Waals surface area contributed by atoms with E-state index in [1.54, 1.807) is 0 Å². The van der Waals surface area contributed by atoms with Crippen LogP contribution in [0.1, 0.15) is 26.2 Å². The number of halogens is 1. The standard InChI is InChI=1S/C10H20ClNS/c1-2-13-9-3-6-12-7-4-10(11)5-8-12/h10H,2-9H2,1H3. The minimum absolute atomic E-state index is 0.446. The Balaban J connectivity index is 1.96. The molecule has 1 rings (SSSR count). The van der Waals surface area contributed by atoms with E-state index in [1.807, 2.05) is 11.8 Å². The van der Waals surface area contributed by atoms with Crippen molar-refractivity contribution in [3.63, 3.8) is 0 Å². The molecule has 0 bridgehead atoms. The maximum Gasteiger partial charge on any atom is 0.0360 e. The second-order valence-electron chi connectivity index (χ2n) is 3.57. The quantitative estimate of drug-likeness (QED) is 0.519. The summed E-state index contributed by atoms with van der Waals surface area (Å²) < 4.78 is 0. The van der Waals surface area contributed by atoms with Crippen LogP contribution in [0.3, 0.4) is 0 Å². The molecular weight excluding hydrogens is 202 g/mol. The number of piperidine rings is 1. The van der Waals surface area contributed by atoms with Gasteiger partial charge in [-0.25, -0.2) is 0 Å². The molecule has 13 heavy (non-hydrogen) atoms. The zero-order valence-corrected chi connectivity index (χ0v) is 10.0. The van der Waals surface area contributed by atoms with Gasteiger partial charge in [0.15, 0.2) is 0 Å². The first kappa shape index (κ1) is 11.7. The van der Waals surface area contributed by atoms with Crippen LogP contribution in [0.25, 0.3) is 0 Å². The van der Waals surface area contributed by atoms with Crippen LogP contribution < -0.4 is 0 Å². The van der Waals surface area contributed by atoms with E-state index in [0.717, 1.165) is 0 Å². The molecule has 78 valence electrons. The van der Waals surface area contributed by atoms with Crippen LogP contribution in [-0.2, 0) is 0 Å². The Morgan fingerprint density at radius 3 is 2.69 bits per heavy atom. The first-order chi connectivity index (χ1) is 6.33. The summed E-state index contributed by atoms with van der Waals surface area (Å²) in [5, 5.41) is 0.446. The normalized spacial score (nSPS) is 20.8. The molecule has 0 amide bonds. The monoisotopic (exact) mass is 221 g/mol. The first-order valence-corrected chi connectivity index (χ1v) is 6.86. The molecule has 0 saturated carbocycles. The zero-order valence-electron chi connectivity index (χ0n) is 8.47. The molecule has 1 saturated heterocycles. The molecule has 1 heterocycles. The Bertz CT molecular complexity index is 124. The molecule has 0 aliphatic carbocycles. The molecule has 0 radical (unpaired) electrons. The van der Waals surface area contributed by atoms with Gasteiger partial charge >= 0.3 is 0 Å². The number of alkyl halides is 1. The molecule has 1 aliphatic rings. The van der Waals surface area contributed by atoms with Gasteiger partial charge in [0.2, 0.25) is 0 Å². The lowest BCUT2D eigenvalue weighted by atomic mass is 10.1. The van der Waals surface area contributed by atoms with Crippen molar-refractivity contribution in [1.29, 1.82) is 0 Å². The lowest BCUT2D eigenvalue weighted by Gasteiger charge is -2.28. The van der Waals surface area contributed by atoms with Crippen LogP contribution in [0.15, 0.2) is 0 Å². The Morgan fingerprint density at radius 1 is 1.38 bits per heavy atom. The highest BCUT2D eigenvalue weighted by molar-refractivity contribution is 7.99. The molecule has 0 atom stereocenters. The summed E-state index contributed by atoms with van der Waals surface area (Å²) >= 11 is 8.08. The topological polar surface area (TPSA) is 3.24 Å². The smallest absolute Gasteiger partial charge is 0.0360 e. The fourth-order valence-corrected chi connectivity index (χ4v) is 2.48. The minimum atomic E-state index is 0.446. The highest BCUT2D eigenvalue weighted by atomic mass is 35.5. The first-order valence-electron chi connectivity index (χ1n) is 5.27. The summed E-state index contributed by atoms with van der Waals surface area (Å²) in [6.45, 7) is 5.93. The SMILES string of the molecule is CCSCCCN1CCC(Cl)CC1. The van der Waals surface area contributed by atoms with E-state index in [4.69, 9.17) is 11.6 Å². The Kier molecular flexibility index (Phi) is 6.26. The van der Waals surface area contributed by atoms with Crippen molar-refractivity contribution >= 4 is 23.4 Å². The van der Waals surface area contributed by atoms with Crippen LogP contribution in [0, 0.1) is 0 Å². The van der Waals surface area contributed by atoms with Gasteiger partial charge in [-0.1, -0.05) is 6.92 Å². The van der Waals surface area contributed by atoms with E-state index in [1.165, 1.54) is 50.4 Å². The van der Waals surface area contributed by atoms with Gasteiger partial charge < -0.3 is 4.90 Å². The number of nitrogens with zero attached hydrogens (tertiary/aromatic N) is 1. The van der Waals surface area contributed by atoms with Gasteiger partial charge in [-0.2, -0.15) is 11.8 Å². The van der Waals surface area contributed by atoms with Gasteiger partial charge in [0.05, 0.1) is 0 Å². The van der Waals surface area contributed by atoms with E-state index in [2.05, 4.69) is 11.8 Å². The molecule has 0 aromatic rings. The average molecular weight is 222 g/mol. The van der Waals surface area contributed by atoms with Crippen molar-refractivity contribution in [2.24, 2.45) is 0 Å². The third kappa shape index (κ3) is 5.14. The maximum atomic E-state index is 6.03. The number of thioether (sulfide) groups is 1. The molecule has 3 heteroatoms. The molecule has 0 N–H and O–H groups in total. The summed E-state index contributed by atoms with van der Waals surface area (Å²) in [5.74, 6) is 2.57. The fourth-order valence-electron chi connectivity index (χ4n) is 1.66. The predicted octanol–water partition coefficient (Wildman–Crippen LogP) is 2.83. The number of rotatable bonds is 5. The molecule has 0 spiro atoms. The summed E-state index contributed by atoms with van der Waals surface area (Å²) in [7, 11) is 0. The van der Waals surface area contributed by atoms with E-state index in [9.17, 15) is 0 Å². The van der Waals surface area contributed by atoms with Crippen molar-refractivity contribution in [2.45, 2.75) is 31.6 Å². The third-order valence-electron chi connectivity index (χ3n) is 2.48. The summed E-state index contributed by atoms with van der Waals surface area (Å²) in [4.78, 5) is 2.55. The van der Waals surface area contributed by atoms with Crippen molar-refractivity contribution in [1.82, 2.24) is 4.90 Å². The second kappa shape index (κ2) is 6.97. The third-order valence-corrected chi connectivity index (χ3v) is 3.91. The Hall–Kier alpha value is 0.600. The van der Waals surface area contributed by atoms with Crippen LogP contribution in [0.2, 0.25) is 0 Å². The average Bonchev–Trinajstić information content (AvgIpc) is 2.15. The van der Waals surface area contributed by atoms with Crippen LogP contribution >= 0.6 is 23.4 Å². The van der Waals surface area contributed by atoms with Gasteiger partial charge in [0, 0.05) is 5.38 Å². The number of hydrogen-bond donors (Lipinski definition) is 0. The summed E-state index contributed by atoms with van der Waals surface area (Å²) in [6.07, 6.45) is 3.70. The lowest BCUT2D eigenvalue weighted by molar-refractivity contribution is 0.232. The zero-order chi connectivity index (χ0) is 9.52. The van der Waals surface area contributed by atoms with Gasteiger partial charge in [-0.05, 0) is 50.4 Å². The maximum absolute atomic E-state index is 6.03. The van der Waals surface area contributed by atoms with Gasteiger partial charge in [-0.3, -0.25) is 0 Å². The lowest BCUT2D eigenvalue weighted by Crippen LogP contribution is -2.34. The molecule has 0 aromatic heterocycles. The predicted molar refractivity (Wildman–Crippen MR) is 62.9 cm³/mol. The van der Waals surface area contributed by atoms with E-state index >= 15 is 0 Å². The molecule has 0 aromatic carbocycles. The van der Waals surface area contributed by atoms with Crippen LogP contribution in [0.4, 0.5) is 0 Å². The van der Waals surface area contributed by atoms with Crippen molar-refractivity contribution in [3.05, 3.63) is 0 Å². The number of hydrogen-bond acceptors (Lipinski definition) is 2. The molecule has 1 nitrogen and oxygen atoms in total. The highest BCUT2D eigenvalue weighted by Crippen LogP contribution is 2.15. The summed E-state index contributed by atoms with van der Waals surface area (Å²) in [6, 6.07) is 0. The second-order valence-corrected chi connectivity index (χ2v) is 5.58. The molecule has 1 fully saturated rings. The van der Waals surface area contributed by atoms with Crippen LogP contribution in [0.5, 0.6) is 0 Å². The molecular formula is C10H20ClNS. The largest absolute Gasteiger partial charge is 0.303 e. The molecule has 1 aliphatic heterocycles. The minimum Gasteiger partial charge on any atom is -0.303 e. The fraction of sp³-hybridized carbons (Fsp3) is 1.00. The van der Waals surface area contributed by atoms with Crippen molar-refractivity contribution < 1.29 is 0 Å².